The van der Waals surface area contributed by atoms with Crippen LogP contribution >= 0.6 is 11.9 Å². The highest BCUT2D eigenvalue weighted by Gasteiger charge is 1.95. The first kappa shape index (κ1) is 7.94. The minimum Gasteiger partial charge on any atom is -0.349 e. The monoisotopic (exact) mass is 167 g/mol. The van der Waals surface area contributed by atoms with Crippen molar-refractivity contribution in [1.82, 2.24) is 4.72 Å². The van der Waals surface area contributed by atoms with Crippen LogP contribution in [0.25, 0.3) is 0 Å². The first-order chi connectivity index (χ1) is 5.29. The Bertz CT molecular complexity index is 237. The van der Waals surface area contributed by atoms with Gasteiger partial charge >= 0.3 is 6.03 Å². The lowest BCUT2D eigenvalue weighted by Crippen LogP contribution is -2.16. The van der Waals surface area contributed by atoms with Crippen molar-refractivity contribution >= 4 is 18.0 Å². The number of rotatable bonds is 2. The summed E-state index contributed by atoms with van der Waals surface area (Å²) in [5.41, 5.74) is 4.81. The maximum absolute atomic E-state index is 10.2. The van der Waals surface area contributed by atoms with Crippen molar-refractivity contribution in [3.05, 3.63) is 30.3 Å². The van der Waals surface area contributed by atoms with Gasteiger partial charge in [-0.05, 0) is 12.1 Å². The summed E-state index contributed by atoms with van der Waals surface area (Å²) in [5.74, 6) is 0. The van der Waals surface area contributed by atoms with Crippen LogP contribution in [-0.2, 0) is 0 Å². The van der Waals surface area contributed by atoms with Gasteiger partial charge in [0.25, 0.3) is 0 Å². The summed E-state index contributed by atoms with van der Waals surface area (Å²) < 4.78 is 3.45. The SMILES string of the molecule is NC(=O)[N]Sc1ccccc1. The number of urea groups is 1. The Morgan fingerprint density at radius 3 is 2.55 bits per heavy atom. The van der Waals surface area contributed by atoms with Gasteiger partial charge in [0.1, 0.15) is 0 Å². The Hall–Kier alpha value is -1.16. The van der Waals surface area contributed by atoms with Gasteiger partial charge in [0, 0.05) is 16.8 Å². The maximum Gasteiger partial charge on any atom is 0.345 e. The van der Waals surface area contributed by atoms with Crippen LogP contribution in [-0.4, -0.2) is 6.03 Å². The number of nitrogens with zero attached hydrogens (tertiary/aromatic N) is 1. The van der Waals surface area contributed by atoms with E-state index < -0.39 is 6.03 Å². The molecular weight excluding hydrogens is 160 g/mol. The first-order valence-electron chi connectivity index (χ1n) is 3.01. The Morgan fingerprint density at radius 2 is 2.00 bits per heavy atom. The van der Waals surface area contributed by atoms with Crippen LogP contribution < -0.4 is 10.5 Å². The van der Waals surface area contributed by atoms with E-state index in [4.69, 9.17) is 5.73 Å². The molecule has 0 fully saturated rings. The molecule has 1 aromatic rings. The molecule has 0 aromatic heterocycles. The molecule has 0 heterocycles. The molecule has 0 saturated heterocycles. The number of hydrogen-bond acceptors (Lipinski definition) is 2. The van der Waals surface area contributed by atoms with Crippen LogP contribution in [0, 0.1) is 0 Å². The van der Waals surface area contributed by atoms with Crippen LogP contribution in [0.4, 0.5) is 4.79 Å². The molecular formula is C7H7N2OS. The van der Waals surface area contributed by atoms with Crippen LogP contribution in [0.3, 0.4) is 0 Å². The summed E-state index contributed by atoms with van der Waals surface area (Å²) in [6.45, 7) is 0. The summed E-state index contributed by atoms with van der Waals surface area (Å²) in [7, 11) is 0. The van der Waals surface area contributed by atoms with Crippen molar-refractivity contribution in [3.8, 4) is 0 Å². The molecule has 0 unspecified atom stereocenters. The molecule has 0 saturated carbocycles. The molecule has 0 aliphatic rings. The van der Waals surface area contributed by atoms with Gasteiger partial charge < -0.3 is 5.73 Å². The molecule has 2 amide bonds. The molecule has 2 N–H and O–H groups in total. The summed E-state index contributed by atoms with van der Waals surface area (Å²) in [4.78, 5) is 11.1. The molecule has 1 rings (SSSR count). The maximum atomic E-state index is 10.2. The van der Waals surface area contributed by atoms with Crippen molar-refractivity contribution in [2.75, 3.05) is 0 Å². The highest BCUT2D eigenvalue weighted by molar-refractivity contribution is 7.97. The predicted molar refractivity (Wildman–Crippen MR) is 44.0 cm³/mol. The fourth-order valence-electron chi connectivity index (χ4n) is 0.579. The minimum atomic E-state index is -0.654. The predicted octanol–water partition coefficient (Wildman–Crippen LogP) is 1.38. The lowest BCUT2D eigenvalue weighted by Gasteiger charge is -1.95. The van der Waals surface area contributed by atoms with E-state index in [9.17, 15) is 4.79 Å². The van der Waals surface area contributed by atoms with E-state index in [1.165, 1.54) is 0 Å². The van der Waals surface area contributed by atoms with Gasteiger partial charge in [-0.15, -0.1) is 0 Å². The van der Waals surface area contributed by atoms with Crippen molar-refractivity contribution in [1.29, 1.82) is 0 Å². The summed E-state index contributed by atoms with van der Waals surface area (Å²) >= 11 is 1.08. The summed E-state index contributed by atoms with van der Waals surface area (Å²) in [6, 6.07) is 8.71. The van der Waals surface area contributed by atoms with Crippen molar-refractivity contribution in [2.24, 2.45) is 5.73 Å². The molecule has 0 bridgehead atoms. The van der Waals surface area contributed by atoms with Gasteiger partial charge in [-0.25, -0.2) is 4.79 Å². The van der Waals surface area contributed by atoms with Gasteiger partial charge in [0.15, 0.2) is 0 Å². The number of carbonyl (C=O) groups is 1. The Balaban J connectivity index is 2.45. The first-order valence-corrected chi connectivity index (χ1v) is 3.79. The molecule has 1 aromatic carbocycles. The number of nitrogens with two attached hydrogens (primary N) is 1. The molecule has 57 valence electrons. The standard InChI is InChI=1S/C7H7N2OS/c8-7(10)9-11-6-4-2-1-3-5-6/h1-5H,(H2,8,10). The second kappa shape index (κ2) is 3.88. The third-order valence-electron chi connectivity index (χ3n) is 0.984. The highest BCUT2D eigenvalue weighted by Crippen LogP contribution is 2.13. The fourth-order valence-corrected chi connectivity index (χ4v) is 1.05. The van der Waals surface area contributed by atoms with E-state index in [0.717, 1.165) is 16.8 Å². The van der Waals surface area contributed by atoms with Gasteiger partial charge in [-0.3, -0.25) is 0 Å². The topological polar surface area (TPSA) is 57.2 Å². The normalized spacial score (nSPS) is 9.09. The zero-order valence-electron chi connectivity index (χ0n) is 5.73. The van der Waals surface area contributed by atoms with Crippen molar-refractivity contribution < 1.29 is 4.79 Å². The molecule has 0 aliphatic carbocycles. The van der Waals surface area contributed by atoms with Crippen LogP contribution in [0.2, 0.25) is 0 Å². The Kier molecular flexibility index (Phi) is 2.80. The number of hydrogen-bond donors (Lipinski definition) is 1. The molecule has 11 heavy (non-hydrogen) atoms. The molecule has 0 atom stereocenters. The summed E-state index contributed by atoms with van der Waals surface area (Å²) in [6.07, 6.45) is 0. The third-order valence-corrected chi connectivity index (χ3v) is 1.74. The van der Waals surface area contributed by atoms with Crippen LogP contribution in [0.15, 0.2) is 35.2 Å². The van der Waals surface area contributed by atoms with Gasteiger partial charge in [0.2, 0.25) is 0 Å². The lowest BCUT2D eigenvalue weighted by molar-refractivity contribution is 0.254. The van der Waals surface area contributed by atoms with E-state index in [0.29, 0.717) is 0 Å². The quantitative estimate of drug-likeness (QED) is 0.676. The van der Waals surface area contributed by atoms with Gasteiger partial charge in [0.05, 0.1) is 0 Å². The van der Waals surface area contributed by atoms with E-state index in [2.05, 4.69) is 4.72 Å². The van der Waals surface area contributed by atoms with Gasteiger partial charge in [-0.1, -0.05) is 18.2 Å². The zero-order chi connectivity index (χ0) is 8.10. The molecule has 0 spiro atoms. The number of carbonyl (C=O) groups excluding carboxylic acids is 1. The van der Waals surface area contributed by atoms with E-state index >= 15 is 0 Å². The van der Waals surface area contributed by atoms with E-state index in [1.54, 1.807) is 0 Å². The Labute approximate surface area is 69.1 Å². The van der Waals surface area contributed by atoms with E-state index in [1.807, 2.05) is 30.3 Å². The van der Waals surface area contributed by atoms with Gasteiger partial charge in [-0.2, -0.15) is 4.72 Å². The minimum absolute atomic E-state index is 0.654. The molecule has 3 nitrogen and oxygen atoms in total. The van der Waals surface area contributed by atoms with Crippen molar-refractivity contribution in [2.45, 2.75) is 4.90 Å². The largest absolute Gasteiger partial charge is 0.349 e. The zero-order valence-corrected chi connectivity index (χ0v) is 6.54. The molecule has 4 heteroatoms. The average molecular weight is 167 g/mol. The third kappa shape index (κ3) is 2.95. The molecule has 1 radical (unpaired) electrons. The van der Waals surface area contributed by atoms with E-state index in [-0.39, 0.29) is 0 Å². The average Bonchev–Trinajstić information content (AvgIpc) is 2.03. The number of amides is 2. The molecule has 0 aliphatic heterocycles. The Morgan fingerprint density at radius 1 is 1.36 bits per heavy atom. The number of primary amides is 1. The van der Waals surface area contributed by atoms with Crippen molar-refractivity contribution in [3.63, 3.8) is 0 Å². The van der Waals surface area contributed by atoms with Crippen LogP contribution in [0.5, 0.6) is 0 Å². The lowest BCUT2D eigenvalue weighted by atomic mass is 10.4. The summed E-state index contributed by atoms with van der Waals surface area (Å²) in [5, 5.41) is 0. The second-order valence-electron chi connectivity index (χ2n) is 1.83. The second-order valence-corrected chi connectivity index (χ2v) is 2.67. The fraction of sp³-hybridized carbons (Fsp3) is 0. The highest BCUT2D eigenvalue weighted by atomic mass is 32.2. The number of benzene rings is 1. The smallest absolute Gasteiger partial charge is 0.345 e. The van der Waals surface area contributed by atoms with Crippen LogP contribution in [0.1, 0.15) is 0 Å².